The minimum Gasteiger partial charge on any atom is -0.352 e. The SMILES string of the molecule is CCC(C)NC(=O)C(Cc1ccccc1)N(Cc1ccccc1Cl)C(=O)CN(c1cc(C)cc(C)c1)S(C)(=O)=O. The van der Waals surface area contributed by atoms with Crippen molar-refractivity contribution in [2.75, 3.05) is 17.1 Å². The fourth-order valence-corrected chi connectivity index (χ4v) is 5.54. The molecule has 9 heteroatoms. The van der Waals surface area contributed by atoms with Gasteiger partial charge in [0.25, 0.3) is 0 Å². The minimum absolute atomic E-state index is 0.0361. The Morgan fingerprint density at radius 3 is 2.12 bits per heavy atom. The lowest BCUT2D eigenvalue weighted by Gasteiger charge is -2.34. The Balaban J connectivity index is 2.09. The maximum atomic E-state index is 14.1. The first-order valence-electron chi connectivity index (χ1n) is 13.3. The zero-order chi connectivity index (χ0) is 29.4. The highest BCUT2D eigenvalue weighted by atomic mass is 35.5. The predicted molar refractivity (Wildman–Crippen MR) is 162 cm³/mol. The van der Waals surface area contributed by atoms with Gasteiger partial charge in [0, 0.05) is 24.0 Å². The monoisotopic (exact) mass is 583 g/mol. The summed E-state index contributed by atoms with van der Waals surface area (Å²) in [7, 11) is -3.83. The molecular weight excluding hydrogens is 546 g/mol. The van der Waals surface area contributed by atoms with E-state index in [2.05, 4.69) is 5.32 Å². The average molecular weight is 584 g/mol. The second-order valence-electron chi connectivity index (χ2n) is 10.3. The van der Waals surface area contributed by atoms with Crippen LogP contribution in [0, 0.1) is 13.8 Å². The van der Waals surface area contributed by atoms with Gasteiger partial charge in [-0.3, -0.25) is 13.9 Å². The van der Waals surface area contributed by atoms with Gasteiger partial charge in [0.2, 0.25) is 21.8 Å². The number of aryl methyl sites for hydroxylation is 2. The van der Waals surface area contributed by atoms with Crippen LogP contribution in [-0.4, -0.2) is 50.0 Å². The molecule has 2 atom stereocenters. The molecule has 0 radical (unpaired) electrons. The van der Waals surface area contributed by atoms with Crippen LogP contribution in [0.25, 0.3) is 0 Å². The molecule has 0 aliphatic heterocycles. The van der Waals surface area contributed by atoms with Crippen LogP contribution in [0.2, 0.25) is 5.02 Å². The Morgan fingerprint density at radius 1 is 0.950 bits per heavy atom. The second kappa shape index (κ2) is 13.8. The molecule has 0 saturated carbocycles. The van der Waals surface area contributed by atoms with Gasteiger partial charge in [-0.15, -0.1) is 0 Å². The normalized spacial score (nSPS) is 12.8. The Hall–Kier alpha value is -3.36. The van der Waals surface area contributed by atoms with Crippen molar-refractivity contribution in [2.45, 2.75) is 59.2 Å². The highest BCUT2D eigenvalue weighted by molar-refractivity contribution is 7.92. The zero-order valence-electron chi connectivity index (χ0n) is 23.7. The molecule has 3 aromatic carbocycles. The molecule has 7 nitrogen and oxygen atoms in total. The van der Waals surface area contributed by atoms with Crippen molar-refractivity contribution >= 4 is 39.1 Å². The van der Waals surface area contributed by atoms with Crippen molar-refractivity contribution in [1.82, 2.24) is 10.2 Å². The fraction of sp³-hybridized carbons (Fsp3) is 0.355. The third kappa shape index (κ3) is 8.57. The van der Waals surface area contributed by atoms with Crippen molar-refractivity contribution < 1.29 is 18.0 Å². The summed E-state index contributed by atoms with van der Waals surface area (Å²) >= 11 is 6.49. The van der Waals surface area contributed by atoms with E-state index in [1.54, 1.807) is 30.3 Å². The van der Waals surface area contributed by atoms with Crippen LogP contribution >= 0.6 is 11.6 Å². The topological polar surface area (TPSA) is 86.8 Å². The number of nitrogens with zero attached hydrogens (tertiary/aromatic N) is 2. The van der Waals surface area contributed by atoms with E-state index in [9.17, 15) is 18.0 Å². The van der Waals surface area contributed by atoms with Gasteiger partial charge >= 0.3 is 0 Å². The number of anilines is 1. The molecule has 3 aromatic rings. The number of hydrogen-bond donors (Lipinski definition) is 1. The predicted octanol–water partition coefficient (Wildman–Crippen LogP) is 5.28. The van der Waals surface area contributed by atoms with Gasteiger partial charge in [-0.05, 0) is 67.6 Å². The van der Waals surface area contributed by atoms with Crippen molar-refractivity contribution in [1.29, 1.82) is 0 Å². The van der Waals surface area contributed by atoms with E-state index < -0.39 is 28.5 Å². The summed E-state index contributed by atoms with van der Waals surface area (Å²) < 4.78 is 27.0. The van der Waals surface area contributed by atoms with Crippen LogP contribution in [0.15, 0.2) is 72.8 Å². The lowest BCUT2D eigenvalue weighted by atomic mass is 10.0. The summed E-state index contributed by atoms with van der Waals surface area (Å²) in [5, 5.41) is 3.47. The van der Waals surface area contributed by atoms with Gasteiger partial charge < -0.3 is 10.2 Å². The third-order valence-corrected chi connectivity index (χ3v) is 8.25. The van der Waals surface area contributed by atoms with E-state index in [-0.39, 0.29) is 24.9 Å². The van der Waals surface area contributed by atoms with Crippen LogP contribution in [0.4, 0.5) is 5.69 Å². The Labute approximate surface area is 243 Å². The first-order chi connectivity index (χ1) is 18.9. The number of carbonyl (C=O) groups excluding carboxylic acids is 2. The maximum absolute atomic E-state index is 14.1. The molecular formula is C31H38ClN3O4S. The zero-order valence-corrected chi connectivity index (χ0v) is 25.3. The van der Waals surface area contributed by atoms with E-state index >= 15 is 0 Å². The molecule has 0 saturated heterocycles. The molecule has 2 unspecified atom stereocenters. The molecule has 0 fully saturated rings. The molecule has 40 heavy (non-hydrogen) atoms. The second-order valence-corrected chi connectivity index (χ2v) is 12.6. The number of amides is 2. The van der Waals surface area contributed by atoms with Crippen molar-refractivity contribution in [2.24, 2.45) is 0 Å². The number of hydrogen-bond acceptors (Lipinski definition) is 4. The molecule has 0 aromatic heterocycles. The van der Waals surface area contributed by atoms with Crippen LogP contribution in [-0.2, 0) is 32.6 Å². The molecule has 0 bridgehead atoms. The third-order valence-electron chi connectivity index (χ3n) is 6.74. The number of rotatable bonds is 12. The van der Waals surface area contributed by atoms with Crippen LogP contribution in [0.1, 0.15) is 42.5 Å². The molecule has 0 heterocycles. The number of halogens is 1. The summed E-state index contributed by atoms with van der Waals surface area (Å²) in [5.74, 6) is -0.819. The van der Waals surface area contributed by atoms with Gasteiger partial charge in [-0.2, -0.15) is 0 Å². The summed E-state index contributed by atoms with van der Waals surface area (Å²) in [6.07, 6.45) is 2.05. The summed E-state index contributed by atoms with van der Waals surface area (Å²) in [6, 6.07) is 21.0. The summed E-state index contributed by atoms with van der Waals surface area (Å²) in [4.78, 5) is 29.3. The average Bonchev–Trinajstić information content (AvgIpc) is 2.89. The van der Waals surface area contributed by atoms with E-state index in [1.165, 1.54) is 4.90 Å². The van der Waals surface area contributed by atoms with Gasteiger partial charge in [0.1, 0.15) is 12.6 Å². The first-order valence-corrected chi connectivity index (χ1v) is 15.5. The standard InChI is InChI=1S/C31H38ClN3O4S/c1-6-24(4)33-31(37)29(19-25-12-8-7-9-13-25)34(20-26-14-10-11-15-28(26)32)30(36)21-35(40(5,38)39)27-17-22(2)16-23(3)18-27/h7-18,24,29H,6,19-21H2,1-5H3,(H,33,37). The molecule has 3 rings (SSSR count). The van der Waals surface area contributed by atoms with Gasteiger partial charge in [-0.1, -0.05) is 73.1 Å². The Bertz CT molecular complexity index is 1410. The molecule has 0 aliphatic carbocycles. The Morgan fingerprint density at radius 2 is 1.55 bits per heavy atom. The molecule has 1 N–H and O–H groups in total. The van der Waals surface area contributed by atoms with Crippen molar-refractivity contribution in [3.05, 3.63) is 100 Å². The lowest BCUT2D eigenvalue weighted by Crippen LogP contribution is -2.54. The van der Waals surface area contributed by atoms with Crippen LogP contribution < -0.4 is 9.62 Å². The minimum atomic E-state index is -3.83. The Kier molecular flexibility index (Phi) is 10.8. The molecule has 2 amide bonds. The quantitative estimate of drug-likeness (QED) is 0.314. The van der Waals surface area contributed by atoms with Crippen molar-refractivity contribution in [3.63, 3.8) is 0 Å². The number of sulfonamides is 1. The maximum Gasteiger partial charge on any atom is 0.244 e. The summed E-state index contributed by atoms with van der Waals surface area (Å²) in [5.41, 5.74) is 3.68. The van der Waals surface area contributed by atoms with E-state index in [0.717, 1.165) is 33.7 Å². The lowest BCUT2D eigenvalue weighted by molar-refractivity contribution is -0.140. The van der Waals surface area contributed by atoms with E-state index in [4.69, 9.17) is 11.6 Å². The van der Waals surface area contributed by atoms with Gasteiger partial charge in [0.05, 0.1) is 11.9 Å². The fourth-order valence-electron chi connectivity index (χ4n) is 4.51. The van der Waals surface area contributed by atoms with E-state index in [0.29, 0.717) is 16.3 Å². The smallest absolute Gasteiger partial charge is 0.244 e. The van der Waals surface area contributed by atoms with Crippen LogP contribution in [0.5, 0.6) is 0 Å². The van der Waals surface area contributed by atoms with Crippen LogP contribution in [0.3, 0.4) is 0 Å². The number of benzene rings is 3. The molecule has 0 aliphatic rings. The molecule has 214 valence electrons. The first kappa shape index (κ1) is 31.2. The largest absolute Gasteiger partial charge is 0.352 e. The summed E-state index contributed by atoms with van der Waals surface area (Å²) in [6.45, 7) is 7.19. The number of nitrogens with one attached hydrogen (secondary N) is 1. The number of carbonyl (C=O) groups is 2. The highest BCUT2D eigenvalue weighted by Gasteiger charge is 2.33. The van der Waals surface area contributed by atoms with E-state index in [1.807, 2.05) is 70.2 Å². The van der Waals surface area contributed by atoms with Crippen molar-refractivity contribution in [3.8, 4) is 0 Å². The molecule has 0 spiro atoms. The highest BCUT2D eigenvalue weighted by Crippen LogP contribution is 2.24. The van der Waals surface area contributed by atoms with Gasteiger partial charge in [0.15, 0.2) is 0 Å². The van der Waals surface area contributed by atoms with Gasteiger partial charge in [-0.25, -0.2) is 8.42 Å².